The van der Waals surface area contributed by atoms with E-state index in [1.54, 1.807) is 0 Å². The van der Waals surface area contributed by atoms with Gasteiger partial charge in [-0.2, -0.15) is 0 Å². The van der Waals surface area contributed by atoms with Gasteiger partial charge in [-0.05, 0) is 26.2 Å². The zero-order chi connectivity index (χ0) is 15.3. The smallest absolute Gasteiger partial charge is 0.355 e. The van der Waals surface area contributed by atoms with Crippen molar-refractivity contribution in [3.8, 4) is 0 Å². The first-order chi connectivity index (χ1) is 9.83. The second-order valence-electron chi connectivity index (χ2n) is 4.35. The van der Waals surface area contributed by atoms with Crippen molar-refractivity contribution in [1.82, 2.24) is 0 Å². The SMILES string of the molecule is [CH2]C/C=C/CCOCOCCCCCCCC.[I][Mg][I]. The number of unbranched alkanes of at least 4 members (excludes halogenated alkanes) is 5. The maximum Gasteiger partial charge on any atom is 0.552 e. The standard InChI is InChI=1S/C15H29O2.2HI.Mg/c1-3-5-7-9-10-12-14-17-15-16-13-11-8-6-4-2;;;/h6,8H,2-5,7,9-15H2,1H3;2*1H;/q;;;+2/p-2/b8-6+;;;. The average molecular weight is 520 g/mol. The summed E-state index contributed by atoms with van der Waals surface area (Å²) in [5, 5.41) is 0. The van der Waals surface area contributed by atoms with Crippen molar-refractivity contribution in [2.24, 2.45) is 0 Å². The van der Waals surface area contributed by atoms with Gasteiger partial charge in [0.05, 0.1) is 6.61 Å². The molecule has 0 aliphatic rings. The lowest BCUT2D eigenvalue weighted by atomic mass is 10.1. The van der Waals surface area contributed by atoms with Crippen LogP contribution < -0.4 is 0 Å². The van der Waals surface area contributed by atoms with E-state index in [-0.39, 0.29) is 0 Å². The second kappa shape index (κ2) is 25.8. The van der Waals surface area contributed by atoms with Gasteiger partial charge in [0.2, 0.25) is 0 Å². The molecule has 0 atom stereocenters. The fourth-order valence-corrected chi connectivity index (χ4v) is 1.55. The quantitative estimate of drug-likeness (QED) is 0.0992. The van der Waals surface area contributed by atoms with Gasteiger partial charge >= 0.3 is 12.6 Å². The molecular formula is C15H29I2MgO2. The summed E-state index contributed by atoms with van der Waals surface area (Å²) >= 11 is 5.18. The molecule has 0 N–H and O–H groups in total. The van der Waals surface area contributed by atoms with Crippen molar-refractivity contribution in [2.45, 2.75) is 58.3 Å². The molecule has 0 aliphatic carbocycles. The Labute approximate surface area is 155 Å². The van der Waals surface area contributed by atoms with E-state index in [1.807, 2.05) is 0 Å². The molecule has 0 spiro atoms. The summed E-state index contributed by atoms with van der Waals surface area (Å²) in [6.07, 6.45) is 13.8. The first-order valence-electron chi connectivity index (χ1n) is 7.55. The minimum absolute atomic E-state index is 0.357. The number of rotatable bonds is 13. The van der Waals surface area contributed by atoms with Crippen molar-refractivity contribution >= 4 is 50.3 Å². The third-order valence-electron chi connectivity index (χ3n) is 2.57. The normalized spacial score (nSPS) is 10.2. The summed E-state index contributed by atoms with van der Waals surface area (Å²) < 4.78 is 10.7. The minimum Gasteiger partial charge on any atom is -0.355 e. The van der Waals surface area contributed by atoms with Crippen LogP contribution in [0, 0.1) is 6.92 Å². The van der Waals surface area contributed by atoms with Crippen molar-refractivity contribution in [1.29, 1.82) is 0 Å². The van der Waals surface area contributed by atoms with E-state index >= 15 is 0 Å². The van der Waals surface area contributed by atoms with Crippen LogP contribution in [0.5, 0.6) is 0 Å². The second-order valence-corrected chi connectivity index (χ2v) is 17.9. The Morgan fingerprint density at radius 2 is 1.55 bits per heavy atom. The van der Waals surface area contributed by atoms with Crippen molar-refractivity contribution < 1.29 is 9.47 Å². The predicted molar refractivity (Wildman–Crippen MR) is 108 cm³/mol. The summed E-state index contributed by atoms with van der Waals surface area (Å²) in [6.45, 7) is 7.99. The van der Waals surface area contributed by atoms with Crippen molar-refractivity contribution in [3.63, 3.8) is 0 Å². The van der Waals surface area contributed by atoms with Crippen LogP contribution in [0.4, 0.5) is 0 Å². The lowest BCUT2D eigenvalue weighted by Gasteiger charge is -2.04. The third kappa shape index (κ3) is 28.1. The fraction of sp³-hybridized carbons (Fsp3) is 0.800. The molecule has 0 aromatic heterocycles. The highest BCUT2D eigenvalue weighted by atomic mass is 127. The van der Waals surface area contributed by atoms with Gasteiger partial charge in [0, 0.05) is 6.61 Å². The molecule has 0 saturated heterocycles. The van der Waals surface area contributed by atoms with E-state index in [4.69, 9.17) is 9.47 Å². The predicted octanol–water partition coefficient (Wildman–Crippen LogP) is 5.90. The first kappa shape index (κ1) is 24.1. The molecular weight excluding hydrogens is 490 g/mol. The molecule has 0 aromatic carbocycles. The molecule has 0 heterocycles. The van der Waals surface area contributed by atoms with E-state index in [0.29, 0.717) is 19.4 Å². The molecule has 0 bridgehead atoms. The summed E-state index contributed by atoms with van der Waals surface area (Å²) in [5.74, 6) is 0. The highest BCUT2D eigenvalue weighted by Gasteiger charge is 1.91. The lowest BCUT2D eigenvalue weighted by molar-refractivity contribution is -0.0531. The number of ether oxygens (including phenoxy) is 2. The molecule has 1 radical (unpaired) electrons. The number of hydrogen-bond acceptors (Lipinski definition) is 2. The van der Waals surface area contributed by atoms with Crippen molar-refractivity contribution in [2.75, 3.05) is 20.0 Å². The zero-order valence-corrected chi connectivity index (χ0v) is 18.6. The molecule has 0 aliphatic heterocycles. The van der Waals surface area contributed by atoms with Gasteiger partial charge in [0.1, 0.15) is 6.79 Å². The van der Waals surface area contributed by atoms with E-state index < -0.39 is 0 Å². The third-order valence-corrected chi connectivity index (χ3v) is 2.57. The van der Waals surface area contributed by atoms with Gasteiger partial charge in [-0.3, -0.25) is 37.7 Å². The number of halogens is 2. The maximum absolute atomic E-state index is 5.39. The Morgan fingerprint density at radius 3 is 2.20 bits per heavy atom. The van der Waals surface area contributed by atoms with Gasteiger partial charge in [-0.25, -0.2) is 0 Å². The van der Waals surface area contributed by atoms with Gasteiger partial charge < -0.3 is 9.47 Å². The molecule has 0 amide bonds. The molecule has 0 unspecified atom stereocenters. The fourth-order valence-electron chi connectivity index (χ4n) is 1.55. The molecule has 5 heteroatoms. The van der Waals surface area contributed by atoms with Crippen LogP contribution in [-0.4, -0.2) is 32.6 Å². The highest BCUT2D eigenvalue weighted by molar-refractivity contribution is 14.3. The summed E-state index contributed by atoms with van der Waals surface area (Å²) in [4.78, 5) is 0. The molecule has 20 heavy (non-hydrogen) atoms. The Bertz CT molecular complexity index is 181. The van der Waals surface area contributed by atoms with Gasteiger partial charge in [-0.15, -0.1) is 0 Å². The van der Waals surface area contributed by atoms with Crippen LogP contribution in [0.3, 0.4) is 0 Å². The van der Waals surface area contributed by atoms with Crippen LogP contribution in [0.1, 0.15) is 58.3 Å². The molecule has 2 nitrogen and oxygen atoms in total. The Kier molecular flexibility index (Phi) is 31.2. The van der Waals surface area contributed by atoms with E-state index in [1.165, 1.54) is 32.1 Å². The number of hydrogen-bond donors (Lipinski definition) is 0. The van der Waals surface area contributed by atoms with Gasteiger partial charge in [0.25, 0.3) is 0 Å². The Morgan fingerprint density at radius 1 is 0.950 bits per heavy atom. The van der Waals surface area contributed by atoms with E-state index in [0.717, 1.165) is 32.5 Å². The van der Waals surface area contributed by atoms with Gasteiger partial charge in [0.15, 0.2) is 0 Å². The molecule has 0 aromatic rings. The first-order valence-corrected chi connectivity index (χ1v) is 17.8. The average Bonchev–Trinajstić information content (AvgIpc) is 2.45. The Hall–Kier alpha value is 1.89. The summed E-state index contributed by atoms with van der Waals surface area (Å²) in [6, 6.07) is 0. The molecule has 0 rings (SSSR count). The van der Waals surface area contributed by atoms with Crippen LogP contribution >= 0.6 is 37.7 Å². The zero-order valence-electron chi connectivity index (χ0n) is 12.9. The maximum atomic E-state index is 5.39. The lowest BCUT2D eigenvalue weighted by Crippen LogP contribution is -2.02. The molecule has 0 saturated carbocycles. The van der Waals surface area contributed by atoms with Crippen LogP contribution in [0.15, 0.2) is 12.2 Å². The minimum atomic E-state index is 0.357. The van der Waals surface area contributed by atoms with Crippen LogP contribution in [0.25, 0.3) is 0 Å². The molecule has 0 fully saturated rings. The summed E-state index contributed by atoms with van der Waals surface area (Å²) in [7, 11) is 0. The van der Waals surface area contributed by atoms with E-state index in [9.17, 15) is 0 Å². The molecule has 117 valence electrons. The van der Waals surface area contributed by atoms with Crippen LogP contribution in [-0.2, 0) is 9.47 Å². The highest BCUT2D eigenvalue weighted by Crippen LogP contribution is 2.04. The van der Waals surface area contributed by atoms with Gasteiger partial charge in [-0.1, -0.05) is 51.2 Å². The van der Waals surface area contributed by atoms with Crippen molar-refractivity contribution in [3.05, 3.63) is 19.1 Å². The topological polar surface area (TPSA) is 18.5 Å². The van der Waals surface area contributed by atoms with E-state index in [2.05, 4.69) is 63.7 Å². The Balaban J connectivity index is 0. The van der Waals surface area contributed by atoms with Crippen LogP contribution in [0.2, 0.25) is 0 Å². The largest absolute Gasteiger partial charge is 0.552 e. The monoisotopic (exact) mass is 519 g/mol. The summed E-state index contributed by atoms with van der Waals surface area (Å²) in [5.41, 5.74) is 0. The number of allylic oxidation sites excluding steroid dienone is 1.